The normalized spacial score (nSPS) is 12.5. The van der Waals surface area contributed by atoms with Crippen molar-refractivity contribution in [1.82, 2.24) is 5.32 Å². The first-order chi connectivity index (χ1) is 9.93. The number of aryl methyl sites for hydroxylation is 1. The molecule has 0 amide bonds. The van der Waals surface area contributed by atoms with Crippen molar-refractivity contribution in [3.63, 3.8) is 0 Å². The summed E-state index contributed by atoms with van der Waals surface area (Å²) in [7, 11) is 0. The topological polar surface area (TPSA) is 12.0 Å². The lowest BCUT2D eigenvalue weighted by atomic mass is 9.98. The van der Waals surface area contributed by atoms with Crippen molar-refractivity contribution >= 4 is 66.1 Å². The Bertz CT molecular complexity index is 661. The fourth-order valence-electron chi connectivity index (χ4n) is 2.19. The first-order valence-electron chi connectivity index (χ1n) is 6.58. The molecular formula is C16H15Br2ClIN. The van der Waals surface area contributed by atoms with Crippen LogP contribution < -0.4 is 5.32 Å². The van der Waals surface area contributed by atoms with Gasteiger partial charge in [-0.15, -0.1) is 0 Å². The second-order valence-corrected chi connectivity index (χ2v) is 8.07. The summed E-state index contributed by atoms with van der Waals surface area (Å²) >= 11 is 15.8. The number of rotatable bonds is 4. The van der Waals surface area contributed by atoms with Crippen LogP contribution in [-0.4, -0.2) is 6.54 Å². The maximum Gasteiger partial charge on any atom is 0.0588 e. The van der Waals surface area contributed by atoms with Gasteiger partial charge in [-0.25, -0.2) is 0 Å². The highest BCUT2D eigenvalue weighted by molar-refractivity contribution is 14.1. The lowest BCUT2D eigenvalue weighted by Gasteiger charge is -2.22. The van der Waals surface area contributed by atoms with Crippen molar-refractivity contribution in [3.05, 3.63) is 64.6 Å². The molecule has 0 radical (unpaired) electrons. The summed E-state index contributed by atoms with van der Waals surface area (Å²) < 4.78 is 3.28. The Labute approximate surface area is 161 Å². The number of halogens is 4. The maximum absolute atomic E-state index is 6.29. The van der Waals surface area contributed by atoms with E-state index in [2.05, 4.69) is 97.9 Å². The third-order valence-corrected chi connectivity index (χ3v) is 6.39. The number of benzene rings is 2. The minimum absolute atomic E-state index is 0.107. The first kappa shape index (κ1) is 17.7. The molecule has 1 unspecified atom stereocenters. The van der Waals surface area contributed by atoms with Crippen LogP contribution in [0.4, 0.5) is 0 Å². The van der Waals surface area contributed by atoms with Crippen LogP contribution in [-0.2, 0) is 0 Å². The minimum Gasteiger partial charge on any atom is -0.306 e. The molecule has 0 aliphatic rings. The van der Waals surface area contributed by atoms with Gasteiger partial charge in [-0.1, -0.05) is 56.5 Å². The molecule has 0 heterocycles. The van der Waals surface area contributed by atoms with E-state index >= 15 is 0 Å². The van der Waals surface area contributed by atoms with Gasteiger partial charge in [0, 0.05) is 12.5 Å². The van der Waals surface area contributed by atoms with Gasteiger partial charge >= 0.3 is 0 Å². The largest absolute Gasteiger partial charge is 0.306 e. The fourth-order valence-corrected chi connectivity index (χ4v) is 3.76. The smallest absolute Gasteiger partial charge is 0.0588 e. The van der Waals surface area contributed by atoms with E-state index in [-0.39, 0.29) is 6.04 Å². The highest BCUT2D eigenvalue weighted by atomic mass is 127. The van der Waals surface area contributed by atoms with E-state index in [0.29, 0.717) is 0 Å². The Morgan fingerprint density at radius 1 is 1.19 bits per heavy atom. The van der Waals surface area contributed by atoms with Gasteiger partial charge in [-0.3, -0.25) is 0 Å². The van der Waals surface area contributed by atoms with Gasteiger partial charge in [0.1, 0.15) is 0 Å². The Morgan fingerprint density at radius 2 is 1.90 bits per heavy atom. The van der Waals surface area contributed by atoms with Gasteiger partial charge in [0.15, 0.2) is 0 Å². The van der Waals surface area contributed by atoms with Crippen LogP contribution in [0, 0.1) is 10.5 Å². The number of hydrogen-bond acceptors (Lipinski definition) is 1. The number of nitrogens with one attached hydrogen (secondary N) is 1. The van der Waals surface area contributed by atoms with Crippen molar-refractivity contribution in [2.75, 3.05) is 6.54 Å². The molecule has 2 aromatic carbocycles. The zero-order valence-electron chi connectivity index (χ0n) is 11.7. The molecule has 0 aromatic heterocycles. The van der Waals surface area contributed by atoms with Crippen molar-refractivity contribution < 1.29 is 0 Å². The van der Waals surface area contributed by atoms with Crippen molar-refractivity contribution in [2.45, 2.75) is 19.9 Å². The average Bonchev–Trinajstić information content (AvgIpc) is 2.44. The molecule has 21 heavy (non-hydrogen) atoms. The van der Waals surface area contributed by atoms with E-state index in [1.54, 1.807) is 0 Å². The van der Waals surface area contributed by atoms with Crippen LogP contribution in [0.15, 0.2) is 39.3 Å². The van der Waals surface area contributed by atoms with Crippen LogP contribution in [0.1, 0.15) is 29.7 Å². The van der Waals surface area contributed by atoms with Gasteiger partial charge in [-0.05, 0) is 77.0 Å². The van der Waals surface area contributed by atoms with Crippen LogP contribution in [0.25, 0.3) is 0 Å². The maximum atomic E-state index is 6.29. The molecular weight excluding hydrogens is 528 g/mol. The molecule has 5 heteroatoms. The molecule has 2 rings (SSSR count). The van der Waals surface area contributed by atoms with Crippen molar-refractivity contribution in [1.29, 1.82) is 0 Å². The van der Waals surface area contributed by atoms with Crippen molar-refractivity contribution in [2.24, 2.45) is 0 Å². The lowest BCUT2D eigenvalue weighted by Crippen LogP contribution is -2.22. The van der Waals surface area contributed by atoms with Crippen LogP contribution >= 0.6 is 66.1 Å². The molecule has 0 saturated heterocycles. The molecule has 1 N–H and O–H groups in total. The van der Waals surface area contributed by atoms with Crippen LogP contribution in [0.5, 0.6) is 0 Å². The third kappa shape index (κ3) is 4.22. The van der Waals surface area contributed by atoms with E-state index in [1.165, 1.54) is 16.7 Å². The van der Waals surface area contributed by atoms with Crippen molar-refractivity contribution in [3.8, 4) is 0 Å². The fraction of sp³-hybridized carbons (Fsp3) is 0.250. The zero-order chi connectivity index (χ0) is 15.6. The third-order valence-electron chi connectivity index (χ3n) is 3.27. The van der Waals surface area contributed by atoms with Gasteiger partial charge in [0.05, 0.1) is 11.1 Å². The molecule has 0 bridgehead atoms. The summed E-state index contributed by atoms with van der Waals surface area (Å²) in [5.41, 5.74) is 3.58. The first-order valence-corrected chi connectivity index (χ1v) is 9.62. The molecule has 0 fully saturated rings. The molecule has 0 aliphatic heterocycles. The quantitative estimate of drug-likeness (QED) is 0.436. The molecule has 0 spiro atoms. The summed E-state index contributed by atoms with van der Waals surface area (Å²) in [6, 6.07) is 10.6. The number of hydrogen-bond donors (Lipinski definition) is 1. The molecule has 112 valence electrons. The van der Waals surface area contributed by atoms with Crippen LogP contribution in [0.2, 0.25) is 5.02 Å². The van der Waals surface area contributed by atoms with Gasteiger partial charge in [0.25, 0.3) is 0 Å². The lowest BCUT2D eigenvalue weighted by molar-refractivity contribution is 0.628. The summed E-state index contributed by atoms with van der Waals surface area (Å²) in [6.45, 7) is 5.08. The molecule has 1 nitrogen and oxygen atoms in total. The average molecular weight is 543 g/mol. The Balaban J connectivity index is 2.52. The Hall–Kier alpha value is 0.380. The zero-order valence-corrected chi connectivity index (χ0v) is 17.8. The van der Waals surface area contributed by atoms with Gasteiger partial charge in [0.2, 0.25) is 0 Å². The predicted molar refractivity (Wildman–Crippen MR) is 106 cm³/mol. The van der Waals surface area contributed by atoms with Gasteiger partial charge in [-0.2, -0.15) is 0 Å². The summed E-state index contributed by atoms with van der Waals surface area (Å²) in [5.74, 6) is 0. The Morgan fingerprint density at radius 3 is 2.52 bits per heavy atom. The molecule has 0 aliphatic carbocycles. The van der Waals surface area contributed by atoms with E-state index in [9.17, 15) is 0 Å². The van der Waals surface area contributed by atoms with Gasteiger partial charge < -0.3 is 5.32 Å². The summed E-state index contributed by atoms with van der Waals surface area (Å²) in [6.07, 6.45) is 0. The minimum atomic E-state index is 0.107. The van der Waals surface area contributed by atoms with E-state index in [1.807, 2.05) is 6.07 Å². The standard InChI is InChI=1S/C16H15Br2ClIN/c1-3-21-16(10-4-5-15(20)14(19)7-10)11-8-12(17)9(2)6-13(11)18/h4-8,16,21H,3H2,1-2H3. The molecule has 2 aromatic rings. The summed E-state index contributed by atoms with van der Waals surface area (Å²) in [4.78, 5) is 0. The molecule has 0 saturated carbocycles. The highest BCUT2D eigenvalue weighted by Gasteiger charge is 2.18. The highest BCUT2D eigenvalue weighted by Crippen LogP contribution is 2.34. The van der Waals surface area contributed by atoms with E-state index in [0.717, 1.165) is 24.1 Å². The van der Waals surface area contributed by atoms with E-state index in [4.69, 9.17) is 11.6 Å². The predicted octanol–water partition coefficient (Wildman–Crippen LogP) is 6.48. The second-order valence-electron chi connectivity index (χ2n) is 4.79. The second kappa shape index (κ2) is 7.77. The summed E-state index contributed by atoms with van der Waals surface area (Å²) in [5, 5.41) is 4.33. The SMILES string of the molecule is CCNC(c1ccc(I)c(Cl)c1)c1cc(Br)c(C)cc1Br. The van der Waals surface area contributed by atoms with Crippen LogP contribution in [0.3, 0.4) is 0 Å². The Kier molecular flexibility index (Phi) is 6.56. The molecule has 1 atom stereocenters. The monoisotopic (exact) mass is 541 g/mol. The van der Waals surface area contributed by atoms with E-state index < -0.39 is 0 Å².